The smallest absolute Gasteiger partial charge is 0.159 e. The van der Waals surface area contributed by atoms with Crippen molar-refractivity contribution in [3.63, 3.8) is 0 Å². The minimum absolute atomic E-state index is 0.600. The Morgan fingerprint density at radius 1 is 0.296 bits per heavy atom. The fraction of sp³-hybridized carbons (Fsp3) is 0. The molecule has 0 saturated heterocycles. The Morgan fingerprint density at radius 3 is 1.37 bits per heavy atom. The topological polar surface area (TPSA) is 109 Å². The first-order valence-electron chi connectivity index (χ1n) is 23.2. The summed E-state index contributed by atoms with van der Waals surface area (Å²) in [6.45, 7) is 0. The Bertz CT molecular complexity index is 3630. The fourth-order valence-corrected chi connectivity index (χ4v) is 8.91. The fourth-order valence-electron chi connectivity index (χ4n) is 8.91. The molecule has 6 aromatic carbocycles. The predicted molar refractivity (Wildman–Crippen MR) is 280 cm³/mol. The molecule has 0 aliphatic rings. The summed E-state index contributed by atoms with van der Waals surface area (Å²) in [6, 6.07) is 69.7. The van der Waals surface area contributed by atoms with Crippen LogP contribution in [-0.2, 0) is 0 Å². The number of hydrogen-bond donors (Lipinski definition) is 0. The van der Waals surface area contributed by atoms with Gasteiger partial charge < -0.3 is 4.74 Å². The first-order chi connectivity index (χ1) is 35.2. The average Bonchev–Trinajstić information content (AvgIpc) is 4.16. The second kappa shape index (κ2) is 19.0. The summed E-state index contributed by atoms with van der Waals surface area (Å²) in [5, 5.41) is 9.76. The number of pyridine rings is 3. The third-order valence-corrected chi connectivity index (χ3v) is 12.3. The molecule has 0 radical (unpaired) electrons. The van der Waals surface area contributed by atoms with Crippen molar-refractivity contribution >= 4 is 0 Å². The van der Waals surface area contributed by atoms with Crippen molar-refractivity contribution in [1.29, 1.82) is 0 Å². The van der Waals surface area contributed by atoms with Crippen LogP contribution in [0.15, 0.2) is 250 Å². The average molecular weight is 916 g/mol. The number of rotatable bonds is 12. The molecular weight excluding hydrogens is 875 g/mol. The molecule has 0 aliphatic carbocycles. The van der Waals surface area contributed by atoms with Crippen molar-refractivity contribution in [2.24, 2.45) is 0 Å². The number of benzene rings is 6. The molecule has 0 saturated carbocycles. The Morgan fingerprint density at radius 2 is 0.803 bits per heavy atom. The van der Waals surface area contributed by atoms with E-state index < -0.39 is 0 Å². The molecule has 0 N–H and O–H groups in total. The summed E-state index contributed by atoms with van der Waals surface area (Å²) >= 11 is 0. The molecular formula is C61H41N9O. The molecule has 0 fully saturated rings. The van der Waals surface area contributed by atoms with Crippen molar-refractivity contribution in [3.05, 3.63) is 250 Å². The first kappa shape index (κ1) is 42.4. The molecule has 6 heterocycles. The summed E-state index contributed by atoms with van der Waals surface area (Å²) in [5.41, 5.74) is 16.0. The van der Waals surface area contributed by atoms with Crippen LogP contribution in [0.3, 0.4) is 0 Å². The number of hydrogen-bond acceptors (Lipinski definition) is 8. The Balaban J connectivity index is 1.00. The third-order valence-electron chi connectivity index (χ3n) is 12.3. The van der Waals surface area contributed by atoms with E-state index in [-0.39, 0.29) is 0 Å². The molecule has 336 valence electrons. The van der Waals surface area contributed by atoms with Crippen LogP contribution in [0.25, 0.3) is 101 Å². The van der Waals surface area contributed by atoms with Crippen molar-refractivity contribution in [2.75, 3.05) is 0 Å². The summed E-state index contributed by atoms with van der Waals surface area (Å²) in [5.74, 6) is 1.92. The minimum atomic E-state index is 0.600. The maximum Gasteiger partial charge on any atom is 0.159 e. The second-order valence-electron chi connectivity index (χ2n) is 16.8. The number of ether oxygens (including phenoxy) is 1. The number of aromatic nitrogens is 9. The van der Waals surface area contributed by atoms with E-state index >= 15 is 0 Å². The van der Waals surface area contributed by atoms with E-state index in [0.29, 0.717) is 17.3 Å². The van der Waals surface area contributed by atoms with Gasteiger partial charge >= 0.3 is 0 Å². The Labute approximate surface area is 409 Å². The van der Waals surface area contributed by atoms with E-state index in [2.05, 4.69) is 140 Å². The van der Waals surface area contributed by atoms with E-state index in [1.165, 1.54) is 0 Å². The van der Waals surface area contributed by atoms with Gasteiger partial charge in [0.15, 0.2) is 5.82 Å². The van der Waals surface area contributed by atoms with Crippen LogP contribution in [0, 0.1) is 0 Å². The largest absolute Gasteiger partial charge is 0.457 e. The second-order valence-corrected chi connectivity index (χ2v) is 16.8. The van der Waals surface area contributed by atoms with Gasteiger partial charge in [-0.1, -0.05) is 84.9 Å². The van der Waals surface area contributed by atoms with Gasteiger partial charge in [0.1, 0.15) is 11.5 Å². The molecule has 71 heavy (non-hydrogen) atoms. The van der Waals surface area contributed by atoms with Gasteiger partial charge in [-0.25, -0.2) is 19.3 Å². The molecule has 0 aliphatic heterocycles. The molecule has 10 heteroatoms. The van der Waals surface area contributed by atoms with Crippen molar-refractivity contribution in [3.8, 4) is 113 Å². The molecule has 0 atom stereocenters. The molecule has 6 aromatic heterocycles. The molecule has 0 bridgehead atoms. The van der Waals surface area contributed by atoms with E-state index in [0.717, 1.165) is 95.5 Å². The third kappa shape index (κ3) is 8.76. The van der Waals surface area contributed by atoms with Gasteiger partial charge in [-0.3, -0.25) is 15.0 Å². The first-order valence-corrected chi connectivity index (χ1v) is 23.2. The number of nitrogens with zero attached hydrogens (tertiary/aromatic N) is 9. The zero-order valence-electron chi connectivity index (χ0n) is 38.1. The van der Waals surface area contributed by atoms with Gasteiger partial charge in [-0.05, 0) is 138 Å². The Kier molecular flexibility index (Phi) is 11.3. The minimum Gasteiger partial charge on any atom is -0.457 e. The highest BCUT2D eigenvalue weighted by atomic mass is 16.5. The van der Waals surface area contributed by atoms with Gasteiger partial charge in [-0.15, -0.1) is 0 Å². The van der Waals surface area contributed by atoms with Gasteiger partial charge in [-0.2, -0.15) is 10.2 Å². The zero-order valence-corrected chi connectivity index (χ0v) is 38.1. The van der Waals surface area contributed by atoms with E-state index in [9.17, 15) is 0 Å². The molecule has 0 unspecified atom stereocenters. The zero-order chi connectivity index (χ0) is 47.3. The lowest BCUT2D eigenvalue weighted by Gasteiger charge is -2.18. The van der Waals surface area contributed by atoms with Crippen LogP contribution in [0.5, 0.6) is 11.5 Å². The standard InChI is InChI=1S/C61H41N9O/c1-2-14-53(54-27-22-45(61-65-33-10-34-66-61)41-60(54)71-51-12-9-11-44(40-51)57-17-5-8-32-64-57)52(13-1)46-37-47(58-28-35-67-69(58)49-23-18-42(19-24-49)55-15-3-6-30-62-55)39-48(38-46)59-29-36-68-70(59)50-25-20-43(21-26-50)56-16-4-7-31-63-56/h1-41H. The van der Waals surface area contributed by atoms with Gasteiger partial charge in [0.05, 0.1) is 52.2 Å². The quantitative estimate of drug-likeness (QED) is 0.119. The molecule has 0 amide bonds. The van der Waals surface area contributed by atoms with Crippen molar-refractivity contribution in [1.82, 2.24) is 44.5 Å². The summed E-state index contributed by atoms with van der Waals surface area (Å²) < 4.78 is 10.9. The highest BCUT2D eigenvalue weighted by Gasteiger charge is 2.20. The van der Waals surface area contributed by atoms with E-state index in [1.54, 1.807) is 18.6 Å². The van der Waals surface area contributed by atoms with Crippen LogP contribution in [-0.4, -0.2) is 44.5 Å². The van der Waals surface area contributed by atoms with Crippen LogP contribution >= 0.6 is 0 Å². The molecule has 12 aromatic rings. The highest BCUT2D eigenvalue weighted by molar-refractivity contribution is 5.90. The SMILES string of the molecule is c1ccc(-c2ccc(-n3nccc3-c3cc(-c4ccccc4-c4ccc(-c5ncccn5)cc4Oc4cccc(-c5ccccn5)c4)cc(-c4ccnn4-c4ccc(-c5ccccn5)cc4)c3)cc2)nc1. The highest BCUT2D eigenvalue weighted by Crippen LogP contribution is 2.43. The summed E-state index contributed by atoms with van der Waals surface area (Å²) in [7, 11) is 0. The summed E-state index contributed by atoms with van der Waals surface area (Å²) in [6.07, 6.45) is 12.6. The van der Waals surface area contributed by atoms with Gasteiger partial charge in [0.2, 0.25) is 0 Å². The maximum absolute atomic E-state index is 6.93. The van der Waals surface area contributed by atoms with E-state index in [4.69, 9.17) is 14.9 Å². The van der Waals surface area contributed by atoms with Crippen LogP contribution in [0.1, 0.15) is 0 Å². The van der Waals surface area contributed by atoms with Gasteiger partial charge in [0, 0.05) is 69.9 Å². The van der Waals surface area contributed by atoms with Crippen LogP contribution in [0.4, 0.5) is 0 Å². The van der Waals surface area contributed by atoms with Crippen molar-refractivity contribution < 1.29 is 4.74 Å². The molecule has 0 spiro atoms. The molecule has 10 nitrogen and oxygen atoms in total. The lowest BCUT2D eigenvalue weighted by Crippen LogP contribution is -2.01. The summed E-state index contributed by atoms with van der Waals surface area (Å²) in [4.78, 5) is 22.9. The van der Waals surface area contributed by atoms with Crippen molar-refractivity contribution in [2.45, 2.75) is 0 Å². The Hall–Kier alpha value is -9.93. The van der Waals surface area contributed by atoms with Crippen LogP contribution < -0.4 is 4.74 Å². The van der Waals surface area contributed by atoms with Crippen LogP contribution in [0.2, 0.25) is 0 Å². The monoisotopic (exact) mass is 915 g/mol. The normalized spacial score (nSPS) is 11.1. The lowest BCUT2D eigenvalue weighted by atomic mass is 9.90. The maximum atomic E-state index is 6.93. The lowest BCUT2D eigenvalue weighted by molar-refractivity contribution is 0.485. The van der Waals surface area contributed by atoms with Gasteiger partial charge in [0.25, 0.3) is 0 Å². The van der Waals surface area contributed by atoms with E-state index in [1.807, 2.05) is 125 Å². The predicted octanol–water partition coefficient (Wildman–Crippen LogP) is 14.2. The molecule has 12 rings (SSSR count).